The topological polar surface area (TPSA) is 66.0 Å². The Labute approximate surface area is 214 Å². The summed E-state index contributed by atoms with van der Waals surface area (Å²) in [6.45, 7) is 4.63. The third kappa shape index (κ3) is 5.49. The minimum Gasteiger partial charge on any atom is -0.489 e. The molecule has 186 valence electrons. The number of likely N-dealkylation sites (tertiary alicyclic amines) is 1. The molecule has 0 bridgehead atoms. The van der Waals surface area contributed by atoms with E-state index in [0.29, 0.717) is 41.5 Å². The predicted molar refractivity (Wildman–Crippen MR) is 138 cm³/mol. The lowest BCUT2D eigenvalue weighted by Gasteiger charge is -2.30. The van der Waals surface area contributed by atoms with E-state index in [1.165, 1.54) is 12.1 Å². The average Bonchev–Trinajstić information content (AvgIpc) is 3.38. The number of hydrogen-bond acceptors (Lipinski definition) is 5. The zero-order valence-corrected chi connectivity index (χ0v) is 20.6. The van der Waals surface area contributed by atoms with Crippen LogP contribution < -0.4 is 14.5 Å². The quantitative estimate of drug-likeness (QED) is 0.301. The number of benzene rings is 2. The van der Waals surface area contributed by atoms with E-state index in [-0.39, 0.29) is 18.6 Å². The van der Waals surface area contributed by atoms with E-state index in [2.05, 4.69) is 11.6 Å². The van der Waals surface area contributed by atoms with Crippen molar-refractivity contribution in [3.8, 4) is 5.75 Å². The van der Waals surface area contributed by atoms with Crippen LogP contribution in [0.2, 0.25) is 5.02 Å². The maximum atomic E-state index is 14.0. The molecule has 3 aromatic rings. The van der Waals surface area contributed by atoms with E-state index in [1.54, 1.807) is 52.5 Å². The molecule has 1 unspecified atom stereocenters. The zero-order chi connectivity index (χ0) is 25.7. The van der Waals surface area contributed by atoms with E-state index < -0.39 is 5.82 Å². The summed E-state index contributed by atoms with van der Waals surface area (Å²) in [6, 6.07) is 13.4. The van der Waals surface area contributed by atoms with Crippen molar-refractivity contribution < 1.29 is 18.7 Å². The number of halogens is 2. The summed E-state index contributed by atoms with van der Waals surface area (Å²) in [5.74, 6) is 0.0267. The third-order valence-corrected chi connectivity index (χ3v) is 6.44. The van der Waals surface area contributed by atoms with Gasteiger partial charge in [0.1, 0.15) is 18.2 Å². The number of amides is 2. The molecule has 0 N–H and O–H groups in total. The van der Waals surface area contributed by atoms with E-state index in [1.807, 2.05) is 24.1 Å². The van der Waals surface area contributed by atoms with Crippen LogP contribution in [0.25, 0.3) is 0 Å². The Kier molecular flexibility index (Phi) is 7.85. The highest BCUT2D eigenvalue weighted by Gasteiger charge is 2.31. The number of hydrogen-bond donors (Lipinski definition) is 0. The van der Waals surface area contributed by atoms with Gasteiger partial charge in [0.2, 0.25) is 12.3 Å². The van der Waals surface area contributed by atoms with Gasteiger partial charge in [0.15, 0.2) is 0 Å². The van der Waals surface area contributed by atoms with Gasteiger partial charge in [-0.25, -0.2) is 4.39 Å². The van der Waals surface area contributed by atoms with Gasteiger partial charge in [-0.3, -0.25) is 14.6 Å². The molecule has 1 aliphatic rings. The second kappa shape index (κ2) is 11.2. The molecule has 1 aliphatic heterocycles. The number of rotatable bonds is 9. The lowest BCUT2D eigenvalue weighted by atomic mass is 10.2. The van der Waals surface area contributed by atoms with Crippen molar-refractivity contribution in [2.75, 3.05) is 29.9 Å². The van der Waals surface area contributed by atoms with Crippen molar-refractivity contribution in [1.82, 2.24) is 9.88 Å². The Bertz CT molecular complexity index is 1250. The lowest BCUT2D eigenvalue weighted by Crippen LogP contribution is -2.38. The molecule has 1 saturated heterocycles. The van der Waals surface area contributed by atoms with Gasteiger partial charge in [0.05, 0.1) is 23.6 Å². The van der Waals surface area contributed by atoms with E-state index in [9.17, 15) is 14.0 Å². The minimum atomic E-state index is -0.415. The smallest absolute Gasteiger partial charge is 0.246 e. The van der Waals surface area contributed by atoms with Gasteiger partial charge in [-0.15, -0.1) is 0 Å². The van der Waals surface area contributed by atoms with Crippen LogP contribution in [0.5, 0.6) is 5.75 Å². The lowest BCUT2D eigenvalue weighted by molar-refractivity contribution is -0.125. The first-order valence-corrected chi connectivity index (χ1v) is 11.8. The Balaban J connectivity index is 1.49. The van der Waals surface area contributed by atoms with Crippen LogP contribution >= 0.6 is 11.6 Å². The molecule has 1 fully saturated rings. The largest absolute Gasteiger partial charge is 0.489 e. The zero-order valence-electron chi connectivity index (χ0n) is 19.8. The highest BCUT2D eigenvalue weighted by molar-refractivity contribution is 6.30. The van der Waals surface area contributed by atoms with E-state index in [0.717, 1.165) is 17.8 Å². The maximum absolute atomic E-state index is 14.0. The number of pyridine rings is 1. The van der Waals surface area contributed by atoms with Crippen molar-refractivity contribution in [2.45, 2.75) is 19.1 Å². The van der Waals surface area contributed by atoms with Gasteiger partial charge >= 0.3 is 0 Å². The number of carbonyl (C=O) groups excluding carboxylic acids is 2. The number of nitrogens with zero attached hydrogens (tertiary/aromatic N) is 4. The first kappa shape index (κ1) is 25.2. The van der Waals surface area contributed by atoms with Crippen LogP contribution in [0.4, 0.5) is 21.5 Å². The molecule has 2 heterocycles. The molecule has 9 heteroatoms. The number of ether oxygens (including phenoxy) is 1. The number of carbonyl (C=O) groups is 2. The van der Waals surface area contributed by atoms with Crippen LogP contribution in [-0.4, -0.2) is 48.4 Å². The fourth-order valence-electron chi connectivity index (χ4n) is 4.20. The second-order valence-corrected chi connectivity index (χ2v) is 8.82. The second-order valence-electron chi connectivity index (χ2n) is 8.39. The normalized spacial score (nSPS) is 14.9. The van der Waals surface area contributed by atoms with E-state index in [4.69, 9.17) is 16.3 Å². The highest BCUT2D eigenvalue weighted by atomic mass is 35.5. The van der Waals surface area contributed by atoms with Crippen molar-refractivity contribution >= 4 is 41.0 Å². The summed E-state index contributed by atoms with van der Waals surface area (Å²) in [7, 11) is 1.88. The van der Waals surface area contributed by atoms with Gasteiger partial charge in [0.25, 0.3) is 0 Å². The summed E-state index contributed by atoms with van der Waals surface area (Å²) in [6.07, 6.45) is 6.09. The molecule has 0 spiro atoms. The maximum Gasteiger partial charge on any atom is 0.246 e. The van der Waals surface area contributed by atoms with Crippen molar-refractivity contribution in [3.63, 3.8) is 0 Å². The fourth-order valence-corrected chi connectivity index (χ4v) is 4.36. The van der Waals surface area contributed by atoms with Crippen LogP contribution in [0, 0.1) is 5.82 Å². The molecular formula is C27H26ClFN4O3. The highest BCUT2D eigenvalue weighted by Crippen LogP contribution is 2.35. The SMILES string of the molecule is C=CC(=O)N1CCC(N(C=O)c2ccncc2N(C)c2ccc(OCc3ccc(Cl)cc3F)cc2)C1. The van der Waals surface area contributed by atoms with Gasteiger partial charge in [0, 0.05) is 42.6 Å². The molecule has 0 saturated carbocycles. The van der Waals surface area contributed by atoms with Gasteiger partial charge < -0.3 is 19.4 Å². The van der Waals surface area contributed by atoms with Crippen LogP contribution in [-0.2, 0) is 16.2 Å². The van der Waals surface area contributed by atoms with E-state index >= 15 is 0 Å². The average molecular weight is 509 g/mol. The first-order valence-electron chi connectivity index (χ1n) is 11.4. The van der Waals surface area contributed by atoms with Crippen LogP contribution in [0.3, 0.4) is 0 Å². The van der Waals surface area contributed by atoms with Crippen LogP contribution in [0.1, 0.15) is 12.0 Å². The summed E-state index contributed by atoms with van der Waals surface area (Å²) >= 11 is 5.80. The third-order valence-electron chi connectivity index (χ3n) is 6.21. The van der Waals surface area contributed by atoms with Gasteiger partial charge in [-0.2, -0.15) is 0 Å². The summed E-state index contributed by atoms with van der Waals surface area (Å²) < 4.78 is 19.7. The van der Waals surface area contributed by atoms with Gasteiger partial charge in [-0.05, 0) is 55.0 Å². The number of anilines is 3. The predicted octanol–water partition coefficient (Wildman–Crippen LogP) is 4.97. The monoisotopic (exact) mass is 508 g/mol. The van der Waals surface area contributed by atoms with Crippen molar-refractivity contribution in [2.24, 2.45) is 0 Å². The molecule has 1 atom stereocenters. The summed E-state index contributed by atoms with van der Waals surface area (Å²) in [5, 5.41) is 0.335. The molecule has 2 aromatic carbocycles. The number of aromatic nitrogens is 1. The molecule has 0 aliphatic carbocycles. The summed E-state index contributed by atoms with van der Waals surface area (Å²) in [5.41, 5.74) is 2.68. The first-order chi connectivity index (χ1) is 17.4. The van der Waals surface area contributed by atoms with Gasteiger partial charge in [-0.1, -0.05) is 24.2 Å². The standard InChI is InChI=1S/C27H26ClFN4O3/c1-3-27(35)32-13-11-22(16-32)33(18-34)25-10-12-30-15-26(25)31(2)21-6-8-23(9-7-21)36-17-19-4-5-20(28)14-24(19)29/h3-10,12,14-15,18,22H,1,11,13,16-17H2,2H3. The molecule has 0 radical (unpaired) electrons. The molecule has 2 amide bonds. The van der Waals surface area contributed by atoms with Crippen molar-refractivity contribution in [3.05, 3.63) is 90.0 Å². The fraction of sp³-hybridized carbons (Fsp3) is 0.222. The Morgan fingerprint density at radius 2 is 2.03 bits per heavy atom. The molecule has 4 rings (SSSR count). The van der Waals surface area contributed by atoms with Crippen LogP contribution in [0.15, 0.2) is 73.6 Å². The minimum absolute atomic E-state index is 0.0754. The molecule has 1 aromatic heterocycles. The Hall–Kier alpha value is -3.91. The molecule has 7 nitrogen and oxygen atoms in total. The molecular weight excluding hydrogens is 483 g/mol. The van der Waals surface area contributed by atoms with Crippen molar-refractivity contribution in [1.29, 1.82) is 0 Å². The molecule has 36 heavy (non-hydrogen) atoms. The Morgan fingerprint density at radius 1 is 1.25 bits per heavy atom. The summed E-state index contributed by atoms with van der Waals surface area (Å²) in [4.78, 5) is 33.7. The Morgan fingerprint density at radius 3 is 2.72 bits per heavy atom.